The first kappa shape index (κ1) is 21.9. The fraction of sp³-hybridized carbons (Fsp3) is 0.346. The number of aryl methyl sites for hydroxylation is 1. The van der Waals surface area contributed by atoms with E-state index in [1.54, 1.807) is 17.0 Å². The molecular weight excluding hydrogens is 482 g/mol. The Hall–Kier alpha value is -2.93. The van der Waals surface area contributed by atoms with Crippen LogP contribution in [0.3, 0.4) is 0 Å². The zero-order valence-electron chi connectivity index (χ0n) is 18.5. The van der Waals surface area contributed by atoms with E-state index in [1.165, 1.54) is 6.42 Å². The van der Waals surface area contributed by atoms with Gasteiger partial charge in [-0.1, -0.05) is 52.7 Å². The maximum absolute atomic E-state index is 13.7. The number of rotatable bonds is 4. The van der Waals surface area contributed by atoms with Crippen molar-refractivity contribution in [2.45, 2.75) is 45.2 Å². The third kappa shape index (κ3) is 4.34. The number of halogens is 1. The van der Waals surface area contributed by atoms with Crippen molar-refractivity contribution < 1.29 is 9.53 Å². The third-order valence-electron chi connectivity index (χ3n) is 6.74. The summed E-state index contributed by atoms with van der Waals surface area (Å²) in [6, 6.07) is 17.4. The van der Waals surface area contributed by atoms with Crippen LogP contribution in [0.5, 0.6) is 5.75 Å². The number of hydrogen-bond acceptors (Lipinski definition) is 4. The lowest BCUT2D eigenvalue weighted by molar-refractivity contribution is 0.145. The van der Waals surface area contributed by atoms with E-state index in [-0.39, 0.29) is 18.1 Å². The van der Waals surface area contributed by atoms with Crippen molar-refractivity contribution in [3.8, 4) is 5.75 Å². The normalized spacial score (nSPS) is 16.6. The van der Waals surface area contributed by atoms with E-state index >= 15 is 0 Å². The largest absolute Gasteiger partial charge is 0.415 e. The highest BCUT2D eigenvalue weighted by Gasteiger charge is 2.34. The van der Waals surface area contributed by atoms with E-state index in [9.17, 15) is 9.59 Å². The van der Waals surface area contributed by atoms with Crippen molar-refractivity contribution in [2.75, 3.05) is 6.54 Å². The van der Waals surface area contributed by atoms with Gasteiger partial charge in [-0.25, -0.2) is 9.78 Å². The lowest BCUT2D eigenvalue weighted by atomic mass is 9.77. The molecule has 0 spiro atoms. The highest BCUT2D eigenvalue weighted by molar-refractivity contribution is 9.10. The van der Waals surface area contributed by atoms with Crippen molar-refractivity contribution in [1.82, 2.24) is 14.5 Å². The second kappa shape index (κ2) is 9.14. The van der Waals surface area contributed by atoms with Gasteiger partial charge in [0.1, 0.15) is 11.6 Å². The van der Waals surface area contributed by atoms with E-state index in [4.69, 9.17) is 9.72 Å². The lowest BCUT2D eigenvalue weighted by Gasteiger charge is -2.37. The molecule has 0 N–H and O–H groups in total. The predicted molar refractivity (Wildman–Crippen MR) is 129 cm³/mol. The predicted octanol–water partition coefficient (Wildman–Crippen LogP) is 5.26. The molecule has 2 heterocycles. The molecule has 0 saturated heterocycles. The van der Waals surface area contributed by atoms with Crippen LogP contribution in [0.1, 0.15) is 47.9 Å². The maximum atomic E-state index is 13.7. The molecule has 5 rings (SSSR count). The molecule has 1 saturated carbocycles. The molecule has 1 aromatic heterocycles. The SMILES string of the molecule is Cc1nc2c(c(=O)n1C(c1ccccc1)C1CCC1)CCN(C(=O)Oc1ccc(Br)cc1)C2. The summed E-state index contributed by atoms with van der Waals surface area (Å²) in [4.78, 5) is 32.8. The van der Waals surface area contributed by atoms with E-state index in [2.05, 4.69) is 28.1 Å². The smallest absolute Gasteiger partial charge is 0.410 e. The Kier molecular flexibility index (Phi) is 6.06. The molecule has 1 amide bonds. The Bertz CT molecular complexity index is 1220. The molecule has 2 aliphatic rings. The average Bonchev–Trinajstić information content (AvgIpc) is 2.79. The molecule has 1 aliphatic heterocycles. The monoisotopic (exact) mass is 507 g/mol. The van der Waals surface area contributed by atoms with Gasteiger partial charge in [-0.3, -0.25) is 9.36 Å². The third-order valence-corrected chi connectivity index (χ3v) is 7.26. The number of ether oxygens (including phenoxy) is 1. The van der Waals surface area contributed by atoms with Gasteiger partial charge >= 0.3 is 6.09 Å². The molecule has 3 aromatic rings. The molecule has 6 nitrogen and oxygen atoms in total. The summed E-state index contributed by atoms with van der Waals surface area (Å²) in [6.45, 7) is 2.61. The van der Waals surface area contributed by atoms with Crippen LogP contribution in [0.4, 0.5) is 4.79 Å². The summed E-state index contributed by atoms with van der Waals surface area (Å²) in [6.07, 6.45) is 3.50. The number of nitrogens with zero attached hydrogens (tertiary/aromatic N) is 3. The quantitative estimate of drug-likeness (QED) is 0.482. The van der Waals surface area contributed by atoms with E-state index in [0.717, 1.165) is 22.9 Å². The summed E-state index contributed by atoms with van der Waals surface area (Å²) < 4.78 is 8.33. The van der Waals surface area contributed by atoms with Crippen LogP contribution >= 0.6 is 15.9 Å². The zero-order chi connectivity index (χ0) is 22.9. The van der Waals surface area contributed by atoms with Gasteiger partial charge in [0.2, 0.25) is 0 Å². The number of benzene rings is 2. The van der Waals surface area contributed by atoms with E-state index in [0.29, 0.717) is 41.7 Å². The summed E-state index contributed by atoms with van der Waals surface area (Å²) in [5, 5.41) is 0. The molecule has 7 heteroatoms. The van der Waals surface area contributed by atoms with Gasteiger partial charge in [-0.05, 0) is 61.9 Å². The van der Waals surface area contributed by atoms with Gasteiger partial charge in [0, 0.05) is 16.6 Å². The van der Waals surface area contributed by atoms with Crippen LogP contribution in [0.25, 0.3) is 0 Å². The van der Waals surface area contributed by atoms with Crippen LogP contribution in [-0.4, -0.2) is 27.1 Å². The molecule has 1 unspecified atom stereocenters. The molecular formula is C26H26BrN3O3. The fourth-order valence-electron chi connectivity index (χ4n) is 4.81. The Morgan fingerprint density at radius 1 is 1.12 bits per heavy atom. The van der Waals surface area contributed by atoms with Crippen LogP contribution < -0.4 is 10.3 Å². The van der Waals surface area contributed by atoms with Crippen molar-refractivity contribution >= 4 is 22.0 Å². The van der Waals surface area contributed by atoms with Gasteiger partial charge in [0.25, 0.3) is 5.56 Å². The maximum Gasteiger partial charge on any atom is 0.415 e. The summed E-state index contributed by atoms with van der Waals surface area (Å²) in [5.74, 6) is 1.63. The van der Waals surface area contributed by atoms with E-state index in [1.807, 2.05) is 41.8 Å². The minimum atomic E-state index is -0.428. The number of fused-ring (bicyclic) bond motifs is 1. The summed E-state index contributed by atoms with van der Waals surface area (Å²) >= 11 is 3.38. The van der Waals surface area contributed by atoms with Crippen molar-refractivity contribution in [3.05, 3.63) is 92.1 Å². The highest BCUT2D eigenvalue weighted by Crippen LogP contribution is 2.40. The van der Waals surface area contributed by atoms with Crippen LogP contribution in [-0.2, 0) is 13.0 Å². The van der Waals surface area contributed by atoms with Crippen LogP contribution in [0, 0.1) is 12.8 Å². The summed E-state index contributed by atoms with van der Waals surface area (Å²) in [7, 11) is 0. The first-order chi connectivity index (χ1) is 16.0. The number of hydrogen-bond donors (Lipinski definition) is 0. The Balaban J connectivity index is 1.42. The standard InChI is InChI=1S/C26H26BrN3O3/c1-17-28-23-16-29(26(32)33-21-12-10-20(27)11-13-21)15-14-22(23)25(31)30(17)24(19-8-5-9-19)18-6-3-2-4-7-18/h2-4,6-7,10-13,19,24H,5,8-9,14-16H2,1H3. The topological polar surface area (TPSA) is 64.4 Å². The van der Waals surface area contributed by atoms with Gasteiger partial charge in [-0.15, -0.1) is 0 Å². The molecule has 1 fully saturated rings. The molecule has 170 valence electrons. The number of aromatic nitrogens is 2. The minimum absolute atomic E-state index is 0.00523. The fourth-order valence-corrected chi connectivity index (χ4v) is 5.07. The average molecular weight is 508 g/mol. The van der Waals surface area contributed by atoms with Crippen molar-refractivity contribution in [2.24, 2.45) is 5.92 Å². The number of carbonyl (C=O) groups excluding carboxylic acids is 1. The lowest BCUT2D eigenvalue weighted by Crippen LogP contribution is -2.44. The number of amides is 1. The Morgan fingerprint density at radius 2 is 1.85 bits per heavy atom. The first-order valence-corrected chi connectivity index (χ1v) is 12.2. The molecule has 33 heavy (non-hydrogen) atoms. The van der Waals surface area contributed by atoms with Crippen LogP contribution in [0.15, 0.2) is 63.9 Å². The van der Waals surface area contributed by atoms with Gasteiger partial charge in [-0.2, -0.15) is 0 Å². The molecule has 1 atom stereocenters. The second-order valence-electron chi connectivity index (χ2n) is 8.80. The van der Waals surface area contributed by atoms with Gasteiger partial charge in [0.05, 0.1) is 18.3 Å². The van der Waals surface area contributed by atoms with Crippen molar-refractivity contribution in [3.63, 3.8) is 0 Å². The molecule has 0 bridgehead atoms. The zero-order valence-corrected chi connectivity index (χ0v) is 20.1. The first-order valence-electron chi connectivity index (χ1n) is 11.4. The molecule has 0 radical (unpaired) electrons. The Morgan fingerprint density at radius 3 is 2.52 bits per heavy atom. The summed E-state index contributed by atoms with van der Waals surface area (Å²) in [5.41, 5.74) is 2.57. The second-order valence-corrected chi connectivity index (χ2v) is 9.72. The van der Waals surface area contributed by atoms with Gasteiger partial charge in [0.15, 0.2) is 0 Å². The van der Waals surface area contributed by atoms with Crippen molar-refractivity contribution in [1.29, 1.82) is 0 Å². The molecule has 1 aliphatic carbocycles. The van der Waals surface area contributed by atoms with Crippen LogP contribution in [0.2, 0.25) is 0 Å². The highest BCUT2D eigenvalue weighted by atomic mass is 79.9. The number of carbonyl (C=O) groups is 1. The molecule has 2 aromatic carbocycles. The van der Waals surface area contributed by atoms with Gasteiger partial charge < -0.3 is 9.64 Å². The Labute approximate surface area is 201 Å². The van der Waals surface area contributed by atoms with E-state index < -0.39 is 6.09 Å². The minimum Gasteiger partial charge on any atom is -0.410 e.